The zero-order chi connectivity index (χ0) is 14.9. The Balaban J connectivity index is 2.39. The van der Waals surface area contributed by atoms with Crippen LogP contribution < -0.4 is 0 Å². The monoisotopic (exact) mass is 362 g/mol. The van der Waals surface area contributed by atoms with Gasteiger partial charge in [0.15, 0.2) is 0 Å². The fraction of sp³-hybridized carbons (Fsp3) is 0.385. The van der Waals surface area contributed by atoms with Gasteiger partial charge in [0.05, 0.1) is 22.2 Å². The van der Waals surface area contributed by atoms with E-state index in [1.807, 2.05) is 0 Å². The highest BCUT2D eigenvalue weighted by atomic mass is 79.9. The van der Waals surface area contributed by atoms with Crippen molar-refractivity contribution in [1.82, 2.24) is 0 Å². The molecule has 20 heavy (non-hydrogen) atoms. The number of alkyl halides is 1. The molecule has 0 bridgehead atoms. The van der Waals surface area contributed by atoms with E-state index in [-0.39, 0.29) is 12.8 Å². The van der Waals surface area contributed by atoms with Crippen molar-refractivity contribution in [3.05, 3.63) is 34.0 Å². The van der Waals surface area contributed by atoms with E-state index in [1.54, 1.807) is 18.2 Å². The van der Waals surface area contributed by atoms with Crippen LogP contribution >= 0.6 is 27.5 Å². The summed E-state index contributed by atoms with van der Waals surface area (Å²) in [5, 5.41) is 18.0. The van der Waals surface area contributed by atoms with Crippen LogP contribution in [0.3, 0.4) is 0 Å². The molecule has 0 saturated heterocycles. The number of rotatable bonds is 5. The second-order valence-electron chi connectivity index (χ2n) is 4.60. The van der Waals surface area contributed by atoms with Gasteiger partial charge in [-0.25, -0.2) is 0 Å². The van der Waals surface area contributed by atoms with Crippen LogP contribution in [0.15, 0.2) is 34.0 Å². The van der Waals surface area contributed by atoms with Gasteiger partial charge in [0, 0.05) is 11.5 Å². The second kappa shape index (κ2) is 5.61. The molecule has 108 valence electrons. The Bertz CT molecular complexity index is 535. The van der Waals surface area contributed by atoms with Gasteiger partial charge in [-0.05, 0) is 28.1 Å². The molecule has 0 radical (unpaired) electrons. The van der Waals surface area contributed by atoms with Crippen LogP contribution in [0.25, 0.3) is 0 Å². The zero-order valence-electron chi connectivity index (χ0n) is 10.3. The first kappa shape index (κ1) is 15.1. The van der Waals surface area contributed by atoms with Gasteiger partial charge in [0.2, 0.25) is 0 Å². The standard InChI is InChI=1S/C13H12BrClO5/c14-9-1-3-13(15,8-2-4-20-12(8)9)7(5-10(16)17)6-11(18)19/h1-3,7H,4-6H2,(H,16,17)(H,18,19). The number of hydrogen-bond acceptors (Lipinski definition) is 3. The van der Waals surface area contributed by atoms with E-state index in [0.717, 1.165) is 0 Å². The molecule has 0 aromatic heterocycles. The maximum Gasteiger partial charge on any atom is 0.303 e. The number of carboxylic acids is 2. The van der Waals surface area contributed by atoms with Crippen molar-refractivity contribution in [1.29, 1.82) is 0 Å². The molecule has 1 aliphatic heterocycles. The smallest absolute Gasteiger partial charge is 0.303 e. The van der Waals surface area contributed by atoms with Gasteiger partial charge in [0.1, 0.15) is 12.4 Å². The molecular formula is C13H12BrClO5. The zero-order valence-corrected chi connectivity index (χ0v) is 12.6. The third kappa shape index (κ3) is 2.76. The molecule has 0 fully saturated rings. The van der Waals surface area contributed by atoms with E-state index in [1.165, 1.54) is 0 Å². The molecule has 0 amide bonds. The molecule has 5 nitrogen and oxygen atoms in total. The summed E-state index contributed by atoms with van der Waals surface area (Å²) in [6.45, 7) is 0.336. The molecule has 1 unspecified atom stereocenters. The van der Waals surface area contributed by atoms with Gasteiger partial charge in [0.25, 0.3) is 0 Å². The first-order valence-corrected chi connectivity index (χ1v) is 7.07. The Morgan fingerprint density at radius 1 is 1.40 bits per heavy atom. The number of halogens is 2. The van der Waals surface area contributed by atoms with Crippen LogP contribution in [0, 0.1) is 5.92 Å². The lowest BCUT2D eigenvalue weighted by atomic mass is 9.78. The van der Waals surface area contributed by atoms with Gasteiger partial charge >= 0.3 is 11.9 Å². The molecule has 1 heterocycles. The minimum atomic E-state index is -1.18. The third-order valence-electron chi connectivity index (χ3n) is 3.30. The van der Waals surface area contributed by atoms with Crippen LogP contribution in [-0.2, 0) is 14.3 Å². The molecular weight excluding hydrogens is 351 g/mol. The molecule has 1 aliphatic carbocycles. The molecule has 0 spiro atoms. The summed E-state index contributed by atoms with van der Waals surface area (Å²) < 4.78 is 6.14. The summed E-state index contributed by atoms with van der Waals surface area (Å²) in [5.41, 5.74) is 0.626. The first-order chi connectivity index (χ1) is 9.34. The lowest BCUT2D eigenvalue weighted by molar-refractivity contribution is -0.140. The SMILES string of the molecule is O=C(O)CC(CC(=O)O)C1(Cl)C=CC(Br)=C2OCC=C21. The highest BCUT2D eigenvalue weighted by Gasteiger charge is 2.45. The number of carbonyl (C=O) groups is 2. The summed E-state index contributed by atoms with van der Waals surface area (Å²) in [5.74, 6) is -2.39. The van der Waals surface area contributed by atoms with E-state index >= 15 is 0 Å². The second-order valence-corrected chi connectivity index (χ2v) is 6.08. The predicted molar refractivity (Wildman–Crippen MR) is 75.7 cm³/mol. The van der Waals surface area contributed by atoms with Crippen LogP contribution in [0.1, 0.15) is 12.8 Å². The van der Waals surface area contributed by atoms with Crippen LogP contribution in [0.2, 0.25) is 0 Å². The summed E-state index contributed by atoms with van der Waals surface area (Å²) in [6.07, 6.45) is 4.38. The fourth-order valence-electron chi connectivity index (χ4n) is 2.41. The van der Waals surface area contributed by atoms with Crippen molar-refractivity contribution in [2.45, 2.75) is 17.7 Å². The lowest BCUT2D eigenvalue weighted by Crippen LogP contribution is -2.37. The third-order valence-corrected chi connectivity index (χ3v) is 4.56. The van der Waals surface area contributed by atoms with E-state index in [9.17, 15) is 9.59 Å². The van der Waals surface area contributed by atoms with E-state index in [2.05, 4.69) is 15.9 Å². The normalized spacial score (nSPS) is 24.4. The molecule has 2 N–H and O–H groups in total. The molecule has 7 heteroatoms. The van der Waals surface area contributed by atoms with Crippen molar-refractivity contribution in [3.8, 4) is 0 Å². The molecule has 2 aliphatic rings. The topological polar surface area (TPSA) is 83.8 Å². The van der Waals surface area contributed by atoms with Crippen molar-refractivity contribution in [3.63, 3.8) is 0 Å². The average molecular weight is 364 g/mol. The van der Waals surface area contributed by atoms with E-state index in [4.69, 9.17) is 26.6 Å². The van der Waals surface area contributed by atoms with Crippen molar-refractivity contribution in [2.24, 2.45) is 5.92 Å². The Morgan fingerprint density at radius 3 is 2.55 bits per heavy atom. The van der Waals surface area contributed by atoms with Crippen LogP contribution in [0.5, 0.6) is 0 Å². The summed E-state index contributed by atoms with van der Waals surface area (Å²) in [6, 6.07) is 0. The molecule has 0 saturated carbocycles. The minimum Gasteiger partial charge on any atom is -0.488 e. The molecule has 0 aromatic carbocycles. The largest absolute Gasteiger partial charge is 0.488 e. The van der Waals surface area contributed by atoms with Crippen molar-refractivity contribution in [2.75, 3.05) is 6.61 Å². The number of carboxylic acid groups (broad SMARTS) is 2. The number of ether oxygens (including phenoxy) is 1. The lowest BCUT2D eigenvalue weighted by Gasteiger charge is -2.35. The number of aliphatic carboxylic acids is 2. The Hall–Kier alpha value is -1.27. The van der Waals surface area contributed by atoms with Gasteiger partial charge in [-0.2, -0.15) is 0 Å². The number of allylic oxidation sites excluding steroid dienone is 4. The summed E-state index contributed by atoms with van der Waals surface area (Å²) >= 11 is 9.91. The summed E-state index contributed by atoms with van der Waals surface area (Å²) in [4.78, 5) is 20.8. The van der Waals surface area contributed by atoms with Gasteiger partial charge in [-0.3, -0.25) is 9.59 Å². The fourth-order valence-corrected chi connectivity index (χ4v) is 3.25. The quantitative estimate of drug-likeness (QED) is 0.734. The van der Waals surface area contributed by atoms with Gasteiger partial charge in [-0.1, -0.05) is 6.08 Å². The number of hydrogen-bond donors (Lipinski definition) is 2. The highest BCUT2D eigenvalue weighted by Crippen LogP contribution is 2.48. The maximum absolute atomic E-state index is 11.0. The Kier molecular flexibility index (Phi) is 4.25. The maximum atomic E-state index is 11.0. The predicted octanol–water partition coefficient (Wildman–Crippen LogP) is 2.66. The summed E-state index contributed by atoms with van der Waals surface area (Å²) in [7, 11) is 0. The van der Waals surface area contributed by atoms with E-state index in [0.29, 0.717) is 22.4 Å². The van der Waals surface area contributed by atoms with Crippen LogP contribution in [0.4, 0.5) is 0 Å². The molecule has 0 aromatic rings. The van der Waals surface area contributed by atoms with Crippen molar-refractivity contribution < 1.29 is 24.5 Å². The highest BCUT2D eigenvalue weighted by molar-refractivity contribution is 9.11. The Labute approximate surface area is 128 Å². The first-order valence-electron chi connectivity index (χ1n) is 5.90. The van der Waals surface area contributed by atoms with Crippen molar-refractivity contribution >= 4 is 39.5 Å². The number of fused-ring (bicyclic) bond motifs is 1. The molecule has 2 rings (SSSR count). The molecule has 1 atom stereocenters. The van der Waals surface area contributed by atoms with Crippen LogP contribution in [-0.4, -0.2) is 33.6 Å². The minimum absolute atomic E-state index is 0.331. The van der Waals surface area contributed by atoms with Gasteiger partial charge in [-0.15, -0.1) is 11.6 Å². The average Bonchev–Trinajstić information content (AvgIpc) is 2.83. The Morgan fingerprint density at radius 2 is 2.00 bits per heavy atom. The van der Waals surface area contributed by atoms with E-state index < -0.39 is 22.7 Å². The van der Waals surface area contributed by atoms with Gasteiger partial charge < -0.3 is 14.9 Å².